The summed E-state index contributed by atoms with van der Waals surface area (Å²) in [6, 6.07) is 0. The summed E-state index contributed by atoms with van der Waals surface area (Å²) in [6.07, 6.45) is 10.3. The van der Waals surface area contributed by atoms with E-state index in [4.69, 9.17) is 0 Å². The molecule has 0 aromatic carbocycles. The van der Waals surface area contributed by atoms with E-state index in [-0.39, 0.29) is 70.1 Å². The van der Waals surface area contributed by atoms with Gasteiger partial charge in [-0.05, 0) is 53.1 Å². The van der Waals surface area contributed by atoms with Crippen LogP contribution in [0.1, 0.15) is 44.9 Å². The van der Waals surface area contributed by atoms with Gasteiger partial charge in [-0.15, -0.1) is 0 Å². The molecule has 0 fully saturated rings. The van der Waals surface area contributed by atoms with Crippen LogP contribution in [0.3, 0.4) is 0 Å². The zero-order valence-corrected chi connectivity index (χ0v) is 19.4. The Morgan fingerprint density at radius 3 is 1.43 bits per heavy atom. The molecule has 0 unspecified atom stereocenters. The molecule has 0 atom stereocenters. The molecule has 0 bridgehead atoms. The maximum atomic E-state index is 10.2. The Hall–Kier alpha value is 1.18. The van der Waals surface area contributed by atoms with E-state index >= 15 is 0 Å². The quantitative estimate of drug-likeness (QED) is 0.178. The second kappa shape index (κ2) is 28.0. The van der Waals surface area contributed by atoms with Crippen LogP contribution < -0.4 is 59.1 Å². The molecule has 0 saturated heterocycles. The van der Waals surface area contributed by atoms with Crippen molar-refractivity contribution in [2.45, 2.75) is 44.9 Å². The maximum Gasteiger partial charge on any atom is 1.00 e. The first-order chi connectivity index (χ1) is 9.20. The Morgan fingerprint density at radius 1 is 0.652 bits per heavy atom. The van der Waals surface area contributed by atoms with Crippen LogP contribution in [0.25, 0.3) is 0 Å². The van der Waals surface area contributed by atoms with Gasteiger partial charge in [0.25, 0.3) is 0 Å². The summed E-state index contributed by atoms with van der Waals surface area (Å²) in [5.74, 6) is 0. The monoisotopic (exact) mass is 348 g/mol. The molecule has 0 spiro atoms. The van der Waals surface area contributed by atoms with E-state index < -0.39 is 0 Å². The minimum atomic E-state index is 0. The molecule has 0 aromatic heterocycles. The smallest absolute Gasteiger partial charge is 0.870 e. The molecule has 2 N–H and O–H groups in total. The van der Waals surface area contributed by atoms with E-state index in [1.807, 2.05) is 12.6 Å². The Balaban J connectivity index is -0.000000270. The summed E-state index contributed by atoms with van der Waals surface area (Å²) >= 11 is 0. The van der Waals surface area contributed by atoms with Gasteiger partial charge in [-0.25, -0.2) is 0 Å². The van der Waals surface area contributed by atoms with Crippen LogP contribution in [-0.4, -0.2) is 73.6 Å². The van der Waals surface area contributed by atoms with Gasteiger partial charge < -0.3 is 30.3 Å². The summed E-state index contributed by atoms with van der Waals surface area (Å²) < 4.78 is 0. The van der Waals surface area contributed by atoms with E-state index in [1.165, 1.54) is 19.3 Å². The van der Waals surface area contributed by atoms with E-state index in [1.54, 1.807) is 0 Å². The molecule has 0 amide bonds. The molecule has 0 aliphatic carbocycles. The standard InChI is InChI=1S/C15H28N2O2.2Na.2H2O/c1-16(2)10-4-3-5-11-17(12-6-8-14-18)13-7-9-15-19;;;;/h3-13H2,1-2H3;;;2*1H2/q-2;2*+1;;/p-2. The first-order valence-electron chi connectivity index (χ1n) is 7.27. The van der Waals surface area contributed by atoms with Gasteiger partial charge in [-0.1, -0.05) is 19.3 Å². The topological polar surface area (TPSA) is 101 Å². The third-order valence-electron chi connectivity index (χ3n) is 3.09. The minimum Gasteiger partial charge on any atom is -0.870 e. The Labute approximate surface area is 185 Å². The summed E-state index contributed by atoms with van der Waals surface area (Å²) in [4.78, 5) is 25.0. The van der Waals surface area contributed by atoms with Gasteiger partial charge in [-0.3, -0.25) is 12.6 Å². The number of hydrogen-bond acceptors (Lipinski definition) is 6. The maximum absolute atomic E-state index is 10.2. The Kier molecular flexibility index (Phi) is 43.0. The molecule has 0 aliphatic heterocycles. The van der Waals surface area contributed by atoms with Gasteiger partial charge in [0, 0.05) is 0 Å². The Morgan fingerprint density at radius 2 is 1.04 bits per heavy atom. The second-order valence-electron chi connectivity index (χ2n) is 5.20. The molecular weight excluding hydrogens is 318 g/mol. The van der Waals surface area contributed by atoms with Gasteiger partial charge in [0.2, 0.25) is 0 Å². The molecule has 0 radical (unpaired) electrons. The van der Waals surface area contributed by atoms with E-state index in [0.717, 1.165) is 39.0 Å². The number of carbonyl (C=O) groups excluding carboxylic acids is 2. The van der Waals surface area contributed by atoms with Gasteiger partial charge in [0.1, 0.15) is 0 Å². The third kappa shape index (κ3) is 28.3. The van der Waals surface area contributed by atoms with Crippen molar-refractivity contribution in [2.75, 3.05) is 40.3 Å². The van der Waals surface area contributed by atoms with Crippen molar-refractivity contribution in [3.05, 3.63) is 0 Å². The van der Waals surface area contributed by atoms with Crippen molar-refractivity contribution < 1.29 is 79.7 Å². The van der Waals surface area contributed by atoms with Crippen LogP contribution in [0.2, 0.25) is 0 Å². The molecule has 8 heteroatoms. The number of nitrogens with zero attached hydrogens (tertiary/aromatic N) is 2. The normalized spacial score (nSPS) is 9.22. The van der Waals surface area contributed by atoms with Crippen LogP contribution in [0, 0.1) is 0 Å². The molecule has 0 aromatic rings. The van der Waals surface area contributed by atoms with E-state index in [2.05, 4.69) is 23.9 Å². The van der Waals surface area contributed by atoms with Crippen molar-refractivity contribution in [2.24, 2.45) is 0 Å². The fourth-order valence-electron chi connectivity index (χ4n) is 2.03. The average Bonchev–Trinajstić information content (AvgIpc) is 2.38. The Bertz CT molecular complexity index is 222. The molecule has 0 saturated carbocycles. The molecule has 0 rings (SSSR count). The van der Waals surface area contributed by atoms with Gasteiger partial charge in [-0.2, -0.15) is 12.8 Å². The van der Waals surface area contributed by atoms with Crippen molar-refractivity contribution in [3.63, 3.8) is 0 Å². The summed E-state index contributed by atoms with van der Waals surface area (Å²) in [6.45, 7) is 4.06. The van der Waals surface area contributed by atoms with Crippen LogP contribution in [0.15, 0.2) is 0 Å². The molecule has 128 valence electrons. The van der Waals surface area contributed by atoms with Gasteiger partial charge in [0.15, 0.2) is 0 Å². The van der Waals surface area contributed by atoms with Crippen LogP contribution in [-0.2, 0) is 9.59 Å². The van der Waals surface area contributed by atoms with Crippen molar-refractivity contribution in [3.8, 4) is 0 Å². The van der Waals surface area contributed by atoms with Crippen molar-refractivity contribution in [1.29, 1.82) is 0 Å². The average molecular weight is 348 g/mol. The number of hydrogen-bond donors (Lipinski definition) is 0. The third-order valence-corrected chi connectivity index (χ3v) is 3.09. The molecular formula is C15H30N2Na2O4-2. The minimum absolute atomic E-state index is 0. The number of unbranched alkanes of at least 4 members (excludes halogenated alkanes) is 4. The zero-order valence-electron chi connectivity index (χ0n) is 15.4. The first kappa shape index (κ1) is 35.3. The fraction of sp³-hybridized carbons (Fsp3) is 0.867. The fourth-order valence-corrected chi connectivity index (χ4v) is 2.03. The zero-order chi connectivity index (χ0) is 14.3. The summed E-state index contributed by atoms with van der Waals surface area (Å²) in [5.41, 5.74) is 0. The van der Waals surface area contributed by atoms with Crippen LogP contribution in [0.5, 0.6) is 0 Å². The van der Waals surface area contributed by atoms with Crippen molar-refractivity contribution in [1.82, 2.24) is 9.80 Å². The van der Waals surface area contributed by atoms with E-state index in [0.29, 0.717) is 12.8 Å². The molecule has 6 nitrogen and oxygen atoms in total. The van der Waals surface area contributed by atoms with E-state index in [9.17, 15) is 9.59 Å². The molecule has 0 heterocycles. The molecule has 0 aliphatic rings. The van der Waals surface area contributed by atoms with Gasteiger partial charge in [0.05, 0.1) is 0 Å². The number of rotatable bonds is 14. The summed E-state index contributed by atoms with van der Waals surface area (Å²) in [7, 11) is 4.19. The predicted molar refractivity (Wildman–Crippen MR) is 82.6 cm³/mol. The largest absolute Gasteiger partial charge is 1.00 e. The van der Waals surface area contributed by atoms with Crippen LogP contribution >= 0.6 is 0 Å². The SMILES string of the molecule is CN(C)CCCCCN(CCC[C-]=O)CCC[C-]=O.[Na+].[Na+].[OH-].[OH-]. The summed E-state index contributed by atoms with van der Waals surface area (Å²) in [5, 5.41) is 0. The first-order valence-corrected chi connectivity index (χ1v) is 7.27. The molecule has 23 heavy (non-hydrogen) atoms. The van der Waals surface area contributed by atoms with Crippen molar-refractivity contribution >= 4 is 12.6 Å². The predicted octanol–water partition coefficient (Wildman–Crippen LogP) is -4.55. The second-order valence-corrected chi connectivity index (χ2v) is 5.20. The van der Waals surface area contributed by atoms with Gasteiger partial charge >= 0.3 is 59.1 Å². The van der Waals surface area contributed by atoms with Crippen LogP contribution in [0.4, 0.5) is 0 Å².